The number of carboxylic acid groups (broad SMARTS) is 1. The molecular weight excluding hydrogens is 196 g/mol. The highest BCUT2D eigenvalue weighted by atomic mass is 16.4. The van der Waals surface area contributed by atoms with Crippen LogP contribution in [0.1, 0.15) is 11.1 Å². The van der Waals surface area contributed by atoms with Crippen LogP contribution in [0.25, 0.3) is 6.08 Å². The first-order chi connectivity index (χ1) is 7.02. The molecule has 0 fully saturated rings. The molecule has 0 amide bonds. The summed E-state index contributed by atoms with van der Waals surface area (Å²) >= 11 is 0. The second-order valence-corrected chi connectivity index (χ2v) is 3.02. The van der Waals surface area contributed by atoms with Gasteiger partial charge in [0.1, 0.15) is 5.75 Å². The molecule has 1 aromatic carbocycles. The van der Waals surface area contributed by atoms with Crippen LogP contribution >= 0.6 is 0 Å². The van der Waals surface area contributed by atoms with Gasteiger partial charge in [-0.3, -0.25) is 4.79 Å². The van der Waals surface area contributed by atoms with Crippen LogP contribution in [0.3, 0.4) is 0 Å². The Balaban J connectivity index is 2.95. The Kier molecular flexibility index (Phi) is 3.23. The molecule has 0 aliphatic carbocycles. The predicted octanol–water partition coefficient (Wildman–Crippen LogP) is 1.37. The molecule has 0 radical (unpaired) electrons. The maximum Gasteiger partial charge on any atom is 0.376 e. The van der Waals surface area contributed by atoms with Crippen LogP contribution < -0.4 is 0 Å². The zero-order valence-electron chi connectivity index (χ0n) is 8.10. The molecule has 0 bridgehead atoms. The fourth-order valence-electron chi connectivity index (χ4n) is 1.05. The number of hydrogen-bond donors (Lipinski definition) is 2. The van der Waals surface area contributed by atoms with Gasteiger partial charge in [-0.05, 0) is 24.6 Å². The van der Waals surface area contributed by atoms with E-state index in [2.05, 4.69) is 0 Å². The van der Waals surface area contributed by atoms with E-state index < -0.39 is 11.8 Å². The highest BCUT2D eigenvalue weighted by Crippen LogP contribution is 2.22. The van der Waals surface area contributed by atoms with Gasteiger partial charge in [-0.2, -0.15) is 0 Å². The SMILES string of the molecule is Cc1cccc(/C=C/C(=O)C(=O)O)c1O. The van der Waals surface area contributed by atoms with Crippen LogP contribution in [0.15, 0.2) is 24.3 Å². The number of aromatic hydroxyl groups is 1. The Hall–Kier alpha value is -2.10. The van der Waals surface area contributed by atoms with Crippen molar-refractivity contribution in [2.24, 2.45) is 0 Å². The zero-order chi connectivity index (χ0) is 11.4. The summed E-state index contributed by atoms with van der Waals surface area (Å²) in [6, 6.07) is 5.01. The average molecular weight is 206 g/mol. The molecule has 1 rings (SSSR count). The van der Waals surface area contributed by atoms with Crippen LogP contribution in [-0.4, -0.2) is 22.0 Å². The van der Waals surface area contributed by atoms with E-state index in [1.165, 1.54) is 6.08 Å². The van der Waals surface area contributed by atoms with Gasteiger partial charge in [0.15, 0.2) is 0 Å². The van der Waals surface area contributed by atoms with Crippen LogP contribution in [0, 0.1) is 6.92 Å². The highest BCUT2D eigenvalue weighted by molar-refractivity contribution is 6.38. The van der Waals surface area contributed by atoms with Crippen molar-refractivity contribution in [1.29, 1.82) is 0 Å². The molecule has 78 valence electrons. The minimum atomic E-state index is -1.52. The first-order valence-corrected chi connectivity index (χ1v) is 4.26. The van der Waals surface area contributed by atoms with E-state index in [0.29, 0.717) is 11.1 Å². The molecule has 0 atom stereocenters. The normalized spacial score (nSPS) is 10.5. The van der Waals surface area contributed by atoms with E-state index in [0.717, 1.165) is 6.08 Å². The second-order valence-electron chi connectivity index (χ2n) is 3.02. The molecule has 2 N–H and O–H groups in total. The summed E-state index contributed by atoms with van der Waals surface area (Å²) in [5.74, 6) is -2.48. The van der Waals surface area contributed by atoms with E-state index >= 15 is 0 Å². The lowest BCUT2D eigenvalue weighted by Crippen LogP contribution is -2.08. The summed E-state index contributed by atoms with van der Waals surface area (Å²) in [5, 5.41) is 17.9. The third-order valence-electron chi connectivity index (χ3n) is 1.89. The zero-order valence-corrected chi connectivity index (χ0v) is 8.10. The molecule has 0 saturated heterocycles. The Bertz CT molecular complexity index is 432. The van der Waals surface area contributed by atoms with Crippen molar-refractivity contribution in [2.75, 3.05) is 0 Å². The van der Waals surface area contributed by atoms with E-state index in [9.17, 15) is 14.7 Å². The van der Waals surface area contributed by atoms with Crippen LogP contribution in [-0.2, 0) is 9.59 Å². The number of carbonyl (C=O) groups excluding carboxylic acids is 1. The summed E-state index contributed by atoms with van der Waals surface area (Å²) in [6.07, 6.45) is 2.19. The van der Waals surface area contributed by atoms with Gasteiger partial charge < -0.3 is 10.2 Å². The lowest BCUT2D eigenvalue weighted by atomic mass is 10.1. The van der Waals surface area contributed by atoms with Gasteiger partial charge in [0.25, 0.3) is 5.78 Å². The Morgan fingerprint density at radius 1 is 1.33 bits per heavy atom. The average Bonchev–Trinajstić information content (AvgIpc) is 2.19. The molecule has 4 heteroatoms. The van der Waals surface area contributed by atoms with Crippen molar-refractivity contribution < 1.29 is 19.8 Å². The Morgan fingerprint density at radius 2 is 2.00 bits per heavy atom. The van der Waals surface area contributed by atoms with Crippen molar-refractivity contribution in [3.8, 4) is 5.75 Å². The number of para-hydroxylation sites is 1. The number of carboxylic acids is 1. The number of carbonyl (C=O) groups is 2. The molecule has 1 aromatic rings. The first kappa shape index (κ1) is 11.0. The van der Waals surface area contributed by atoms with Gasteiger partial charge in [-0.1, -0.05) is 18.2 Å². The summed E-state index contributed by atoms with van der Waals surface area (Å²) in [7, 11) is 0. The van der Waals surface area contributed by atoms with E-state index in [4.69, 9.17) is 5.11 Å². The lowest BCUT2D eigenvalue weighted by molar-refractivity contribution is -0.146. The number of hydrogen-bond acceptors (Lipinski definition) is 3. The molecule has 0 unspecified atom stereocenters. The molecule has 4 nitrogen and oxygen atoms in total. The Labute approximate surface area is 86.5 Å². The standard InChI is InChI=1S/C11H10O4/c1-7-3-2-4-8(10(7)13)5-6-9(12)11(14)15/h2-6,13H,1H3,(H,14,15)/b6-5+. The topological polar surface area (TPSA) is 74.6 Å². The van der Waals surface area contributed by atoms with Crippen LogP contribution in [0.4, 0.5) is 0 Å². The number of aliphatic carboxylic acids is 1. The van der Waals surface area contributed by atoms with Gasteiger partial charge >= 0.3 is 5.97 Å². The largest absolute Gasteiger partial charge is 0.507 e. The summed E-state index contributed by atoms with van der Waals surface area (Å²) in [5.41, 5.74) is 1.09. The van der Waals surface area contributed by atoms with E-state index in [1.54, 1.807) is 25.1 Å². The van der Waals surface area contributed by atoms with Crippen LogP contribution in [0.5, 0.6) is 5.75 Å². The minimum absolute atomic E-state index is 0.0481. The van der Waals surface area contributed by atoms with Crippen molar-refractivity contribution >= 4 is 17.8 Å². The molecule has 0 saturated carbocycles. The monoisotopic (exact) mass is 206 g/mol. The van der Waals surface area contributed by atoms with Crippen LogP contribution in [0.2, 0.25) is 0 Å². The van der Waals surface area contributed by atoms with E-state index in [1.807, 2.05) is 0 Å². The highest BCUT2D eigenvalue weighted by Gasteiger charge is 2.06. The predicted molar refractivity (Wildman–Crippen MR) is 54.5 cm³/mol. The van der Waals surface area contributed by atoms with Crippen molar-refractivity contribution in [3.05, 3.63) is 35.4 Å². The minimum Gasteiger partial charge on any atom is -0.507 e. The van der Waals surface area contributed by atoms with Crippen molar-refractivity contribution in [1.82, 2.24) is 0 Å². The maximum absolute atomic E-state index is 10.7. The number of benzene rings is 1. The quantitative estimate of drug-likeness (QED) is 0.578. The van der Waals surface area contributed by atoms with E-state index in [-0.39, 0.29) is 5.75 Å². The first-order valence-electron chi connectivity index (χ1n) is 4.26. The molecule has 15 heavy (non-hydrogen) atoms. The molecule has 0 aromatic heterocycles. The van der Waals surface area contributed by atoms with Crippen molar-refractivity contribution in [3.63, 3.8) is 0 Å². The maximum atomic E-state index is 10.7. The number of aryl methyl sites for hydroxylation is 1. The second kappa shape index (κ2) is 4.41. The van der Waals surface area contributed by atoms with Gasteiger partial charge in [0, 0.05) is 5.56 Å². The fourth-order valence-corrected chi connectivity index (χ4v) is 1.05. The number of phenolic OH excluding ortho intramolecular Hbond substituents is 1. The number of phenols is 1. The molecule has 0 aliphatic heterocycles. The number of ketones is 1. The molecule has 0 aliphatic rings. The molecular formula is C11H10O4. The van der Waals surface area contributed by atoms with Gasteiger partial charge in [0.05, 0.1) is 0 Å². The van der Waals surface area contributed by atoms with Gasteiger partial charge in [0.2, 0.25) is 0 Å². The summed E-state index contributed by atoms with van der Waals surface area (Å²) in [6.45, 7) is 1.71. The smallest absolute Gasteiger partial charge is 0.376 e. The Morgan fingerprint density at radius 3 is 2.60 bits per heavy atom. The fraction of sp³-hybridized carbons (Fsp3) is 0.0909. The third kappa shape index (κ3) is 2.67. The molecule has 0 spiro atoms. The third-order valence-corrected chi connectivity index (χ3v) is 1.89. The van der Waals surface area contributed by atoms with Gasteiger partial charge in [-0.25, -0.2) is 4.79 Å². The number of rotatable bonds is 3. The van der Waals surface area contributed by atoms with Crippen molar-refractivity contribution in [2.45, 2.75) is 6.92 Å². The van der Waals surface area contributed by atoms with Gasteiger partial charge in [-0.15, -0.1) is 0 Å². The summed E-state index contributed by atoms with van der Waals surface area (Å²) < 4.78 is 0. The summed E-state index contributed by atoms with van der Waals surface area (Å²) in [4.78, 5) is 21.0. The molecule has 0 heterocycles. The lowest BCUT2D eigenvalue weighted by Gasteiger charge is -2.01.